The number of nitrogens with zero attached hydrogens (tertiary/aromatic N) is 1. The van der Waals surface area contributed by atoms with Crippen LogP contribution in [0.4, 0.5) is 4.79 Å². The summed E-state index contributed by atoms with van der Waals surface area (Å²) in [5.41, 5.74) is -0.575. The molecule has 1 saturated heterocycles. The average molecular weight is 258 g/mol. The van der Waals surface area contributed by atoms with Gasteiger partial charge in [0.15, 0.2) is 0 Å². The molecule has 1 rings (SSSR count). The Morgan fingerprint density at radius 3 is 2.50 bits per heavy atom. The molecular weight excluding hydrogens is 236 g/mol. The molecule has 0 aromatic carbocycles. The molecule has 2 unspecified atom stereocenters. The van der Waals surface area contributed by atoms with Gasteiger partial charge in [0, 0.05) is 12.6 Å². The van der Waals surface area contributed by atoms with Crippen molar-refractivity contribution in [3.05, 3.63) is 0 Å². The van der Waals surface area contributed by atoms with Crippen molar-refractivity contribution < 1.29 is 19.4 Å². The van der Waals surface area contributed by atoms with Crippen molar-refractivity contribution >= 4 is 12.1 Å². The van der Waals surface area contributed by atoms with Gasteiger partial charge in [-0.1, -0.05) is 0 Å². The monoisotopic (exact) mass is 258 g/mol. The van der Waals surface area contributed by atoms with Crippen LogP contribution in [0, 0.1) is 5.92 Å². The fraction of sp³-hybridized carbons (Fsp3) is 0.833. The van der Waals surface area contributed by atoms with Gasteiger partial charge in [0.2, 0.25) is 0 Å². The van der Waals surface area contributed by atoms with Crippen molar-refractivity contribution in [3.63, 3.8) is 0 Å². The lowest BCUT2D eigenvalue weighted by Gasteiger charge is -2.35. The second kappa shape index (κ2) is 5.56. The van der Waals surface area contributed by atoms with Crippen LogP contribution in [0.25, 0.3) is 0 Å². The highest BCUT2D eigenvalue weighted by atomic mass is 16.6. The molecule has 0 saturated carbocycles. The number of carboxylic acids is 1. The summed E-state index contributed by atoms with van der Waals surface area (Å²) in [4.78, 5) is 24.7. The van der Waals surface area contributed by atoms with E-state index in [0.29, 0.717) is 13.0 Å². The highest BCUT2D eigenvalue weighted by molar-refractivity contribution is 5.74. The maximum absolute atomic E-state index is 11.6. The number of amides is 1. The predicted molar refractivity (Wildman–Crippen MR) is 66.4 cm³/mol. The van der Waals surface area contributed by atoms with Gasteiger partial charge in [0.1, 0.15) is 5.60 Å². The van der Waals surface area contributed by atoms with Crippen LogP contribution in [-0.4, -0.2) is 53.8 Å². The van der Waals surface area contributed by atoms with E-state index in [1.54, 1.807) is 20.8 Å². The second-order valence-electron chi connectivity index (χ2n) is 5.75. The van der Waals surface area contributed by atoms with Gasteiger partial charge in [-0.3, -0.25) is 4.79 Å². The highest BCUT2D eigenvalue weighted by Crippen LogP contribution is 2.17. The van der Waals surface area contributed by atoms with Gasteiger partial charge >= 0.3 is 12.1 Å². The first-order valence-electron chi connectivity index (χ1n) is 6.10. The Bertz CT molecular complexity index is 325. The molecule has 0 aliphatic carbocycles. The lowest BCUT2D eigenvalue weighted by molar-refractivity contribution is -0.144. The number of carboxylic acid groups (broad SMARTS) is 1. The molecule has 0 radical (unpaired) electrons. The van der Waals surface area contributed by atoms with E-state index in [0.717, 1.165) is 6.54 Å². The van der Waals surface area contributed by atoms with Gasteiger partial charge in [-0.25, -0.2) is 4.79 Å². The number of hydrogen-bond donors (Lipinski definition) is 2. The maximum Gasteiger partial charge on any atom is 0.407 e. The van der Waals surface area contributed by atoms with Gasteiger partial charge in [0.05, 0.1) is 5.92 Å². The zero-order valence-corrected chi connectivity index (χ0v) is 11.4. The summed E-state index contributed by atoms with van der Waals surface area (Å²) in [5.74, 6) is -1.47. The number of piperidine rings is 1. The number of alkyl carbamates (subject to hydrolysis) is 1. The minimum Gasteiger partial charge on any atom is -0.481 e. The van der Waals surface area contributed by atoms with Crippen LogP contribution in [0.5, 0.6) is 0 Å². The topological polar surface area (TPSA) is 78.9 Å². The minimum atomic E-state index is -0.886. The van der Waals surface area contributed by atoms with Crippen LogP contribution in [0.2, 0.25) is 0 Å². The molecule has 0 aromatic rings. The van der Waals surface area contributed by atoms with Crippen molar-refractivity contribution in [1.82, 2.24) is 10.2 Å². The lowest BCUT2D eigenvalue weighted by atomic mass is 9.92. The van der Waals surface area contributed by atoms with Crippen molar-refractivity contribution in [3.8, 4) is 0 Å². The predicted octanol–water partition coefficient (Wildman–Crippen LogP) is 0.916. The van der Waals surface area contributed by atoms with E-state index < -0.39 is 23.6 Å². The van der Waals surface area contributed by atoms with Crippen molar-refractivity contribution in [1.29, 1.82) is 0 Å². The largest absolute Gasteiger partial charge is 0.481 e. The van der Waals surface area contributed by atoms with Crippen LogP contribution in [0.3, 0.4) is 0 Å². The SMILES string of the molecule is CN1CCC(NC(=O)OC(C)(C)C)C(C(=O)O)C1. The summed E-state index contributed by atoms with van der Waals surface area (Å²) in [6.45, 7) is 6.53. The van der Waals surface area contributed by atoms with Crippen molar-refractivity contribution in [2.24, 2.45) is 5.92 Å². The standard InChI is InChI=1S/C12H22N2O4/c1-12(2,3)18-11(17)13-9-5-6-14(4)7-8(9)10(15)16/h8-9H,5-7H2,1-4H3,(H,13,17)(H,15,16). The molecule has 0 aromatic heterocycles. The van der Waals surface area contributed by atoms with E-state index in [1.165, 1.54) is 0 Å². The number of likely N-dealkylation sites (tertiary alicyclic amines) is 1. The molecule has 2 N–H and O–H groups in total. The van der Waals surface area contributed by atoms with E-state index in [2.05, 4.69) is 5.32 Å². The Morgan fingerprint density at radius 2 is 2.00 bits per heavy atom. The number of aliphatic carboxylic acids is 1. The summed E-state index contributed by atoms with van der Waals surface area (Å²) in [7, 11) is 1.87. The summed E-state index contributed by atoms with van der Waals surface area (Å²) >= 11 is 0. The lowest BCUT2D eigenvalue weighted by Crippen LogP contribution is -2.53. The number of carbonyl (C=O) groups is 2. The molecule has 2 atom stereocenters. The average Bonchev–Trinajstić information content (AvgIpc) is 2.17. The normalized spacial score (nSPS) is 25.6. The number of ether oxygens (including phenoxy) is 1. The molecule has 0 spiro atoms. The third kappa shape index (κ3) is 4.52. The number of hydrogen-bond acceptors (Lipinski definition) is 4. The molecule has 6 heteroatoms. The van der Waals surface area contributed by atoms with E-state index in [1.807, 2.05) is 11.9 Å². The molecule has 104 valence electrons. The molecule has 0 bridgehead atoms. The molecule has 1 heterocycles. The zero-order valence-electron chi connectivity index (χ0n) is 11.4. The van der Waals surface area contributed by atoms with Crippen LogP contribution in [-0.2, 0) is 9.53 Å². The third-order valence-corrected chi connectivity index (χ3v) is 2.84. The van der Waals surface area contributed by atoms with Crippen LogP contribution >= 0.6 is 0 Å². The van der Waals surface area contributed by atoms with Gasteiger partial charge in [-0.05, 0) is 40.8 Å². The number of nitrogens with one attached hydrogen (secondary N) is 1. The first-order valence-corrected chi connectivity index (χ1v) is 6.10. The van der Waals surface area contributed by atoms with Crippen molar-refractivity contribution in [2.45, 2.75) is 38.8 Å². The Kier molecular flexibility index (Phi) is 4.56. The molecule has 1 aliphatic heterocycles. The maximum atomic E-state index is 11.6. The first kappa shape index (κ1) is 14.8. The molecule has 1 aliphatic rings. The Balaban J connectivity index is 2.59. The fourth-order valence-corrected chi connectivity index (χ4v) is 2.00. The Morgan fingerprint density at radius 1 is 1.39 bits per heavy atom. The zero-order chi connectivity index (χ0) is 13.9. The third-order valence-electron chi connectivity index (χ3n) is 2.84. The van der Waals surface area contributed by atoms with Crippen LogP contribution in [0.15, 0.2) is 0 Å². The number of carbonyl (C=O) groups excluding carboxylic acids is 1. The summed E-state index contributed by atoms with van der Waals surface area (Å²) in [5, 5.41) is 11.8. The fourth-order valence-electron chi connectivity index (χ4n) is 2.00. The minimum absolute atomic E-state index is 0.367. The molecule has 6 nitrogen and oxygen atoms in total. The van der Waals surface area contributed by atoms with Gasteiger partial charge in [0.25, 0.3) is 0 Å². The van der Waals surface area contributed by atoms with Gasteiger partial charge in [-0.15, -0.1) is 0 Å². The van der Waals surface area contributed by atoms with Crippen molar-refractivity contribution in [2.75, 3.05) is 20.1 Å². The van der Waals surface area contributed by atoms with Gasteiger partial charge < -0.3 is 20.1 Å². The second-order valence-corrected chi connectivity index (χ2v) is 5.75. The van der Waals surface area contributed by atoms with Crippen LogP contribution < -0.4 is 5.32 Å². The van der Waals surface area contributed by atoms with E-state index >= 15 is 0 Å². The number of rotatable bonds is 2. The van der Waals surface area contributed by atoms with E-state index in [9.17, 15) is 9.59 Å². The molecule has 18 heavy (non-hydrogen) atoms. The molecule has 1 fully saturated rings. The Labute approximate surface area is 107 Å². The summed E-state index contributed by atoms with van der Waals surface area (Å²) in [6, 6.07) is -0.367. The highest BCUT2D eigenvalue weighted by Gasteiger charge is 2.34. The quantitative estimate of drug-likeness (QED) is 0.770. The van der Waals surface area contributed by atoms with E-state index in [4.69, 9.17) is 9.84 Å². The Hall–Kier alpha value is -1.30. The summed E-state index contributed by atoms with van der Waals surface area (Å²) in [6.07, 6.45) is 0.0653. The molecule has 1 amide bonds. The summed E-state index contributed by atoms with van der Waals surface area (Å²) < 4.78 is 5.14. The van der Waals surface area contributed by atoms with Gasteiger partial charge in [-0.2, -0.15) is 0 Å². The first-order chi connectivity index (χ1) is 8.19. The smallest absolute Gasteiger partial charge is 0.407 e. The molecular formula is C12H22N2O4. The van der Waals surface area contributed by atoms with E-state index in [-0.39, 0.29) is 6.04 Å². The van der Waals surface area contributed by atoms with Crippen LogP contribution in [0.1, 0.15) is 27.2 Å².